The number of methoxy groups -OCH3 is 1. The molecule has 5 heteroatoms. The third-order valence-electron chi connectivity index (χ3n) is 1.94. The zero-order valence-electron chi connectivity index (χ0n) is 8.04. The summed E-state index contributed by atoms with van der Waals surface area (Å²) in [5, 5.41) is 0. The van der Waals surface area contributed by atoms with Gasteiger partial charge < -0.3 is 10.5 Å². The summed E-state index contributed by atoms with van der Waals surface area (Å²) >= 11 is 4.97. The maximum atomic E-state index is 11.4. The minimum Gasteiger partial charge on any atom is -0.468 e. The molecule has 0 aliphatic rings. The Kier molecular flexibility index (Phi) is 4.10. The zero-order chi connectivity index (χ0) is 10.7. The number of hydrogen-bond donors (Lipinski definition) is 1. The molecule has 0 saturated heterocycles. The van der Waals surface area contributed by atoms with Crippen molar-refractivity contribution in [3.8, 4) is 0 Å². The van der Waals surface area contributed by atoms with E-state index < -0.39 is 0 Å². The Hall–Kier alpha value is -0.390. The molecule has 0 aliphatic carbocycles. The number of hydrogen-bond acceptors (Lipinski definition) is 4. The average molecular weight is 278 g/mol. The molecule has 3 nitrogen and oxygen atoms in total. The Labute approximate surface area is 95.4 Å². The first kappa shape index (κ1) is 11.7. The Bertz CT molecular complexity index is 318. The molecule has 0 fully saturated rings. The van der Waals surface area contributed by atoms with Gasteiger partial charge in [-0.15, -0.1) is 11.3 Å². The van der Waals surface area contributed by atoms with E-state index in [9.17, 15) is 4.79 Å². The van der Waals surface area contributed by atoms with E-state index in [4.69, 9.17) is 5.73 Å². The fourth-order valence-corrected chi connectivity index (χ4v) is 2.79. The van der Waals surface area contributed by atoms with Gasteiger partial charge in [-0.3, -0.25) is 4.79 Å². The molecule has 0 saturated carbocycles. The van der Waals surface area contributed by atoms with Crippen LogP contribution in [0.5, 0.6) is 0 Å². The van der Waals surface area contributed by atoms with E-state index in [1.807, 2.05) is 13.0 Å². The molecule has 1 heterocycles. The van der Waals surface area contributed by atoms with Gasteiger partial charge in [0, 0.05) is 20.8 Å². The van der Waals surface area contributed by atoms with E-state index in [0.717, 1.165) is 14.2 Å². The number of rotatable bonds is 3. The molecule has 2 N–H and O–H groups in total. The molecule has 0 aliphatic heterocycles. The Morgan fingerprint density at radius 1 is 1.79 bits per heavy atom. The third-order valence-corrected chi connectivity index (χ3v) is 4.19. The summed E-state index contributed by atoms with van der Waals surface area (Å²) in [7, 11) is 1.38. The zero-order valence-corrected chi connectivity index (χ0v) is 10.4. The van der Waals surface area contributed by atoms with Gasteiger partial charge in [-0.05, 0) is 28.9 Å². The second-order valence-corrected chi connectivity index (χ2v) is 5.01. The number of carbonyl (C=O) groups is 1. The van der Waals surface area contributed by atoms with Crippen molar-refractivity contribution >= 4 is 33.2 Å². The highest BCUT2D eigenvalue weighted by Gasteiger charge is 2.22. The van der Waals surface area contributed by atoms with Crippen molar-refractivity contribution in [2.24, 2.45) is 5.73 Å². The number of halogens is 1. The normalized spacial score (nSPS) is 12.6. The number of ether oxygens (including phenoxy) is 1. The first-order valence-corrected chi connectivity index (χ1v) is 5.74. The van der Waals surface area contributed by atoms with Crippen LogP contribution in [0.25, 0.3) is 0 Å². The van der Waals surface area contributed by atoms with Gasteiger partial charge in [0.05, 0.1) is 7.11 Å². The van der Waals surface area contributed by atoms with Crippen molar-refractivity contribution < 1.29 is 9.53 Å². The van der Waals surface area contributed by atoms with E-state index >= 15 is 0 Å². The molecule has 0 bridgehead atoms. The lowest BCUT2D eigenvalue weighted by Gasteiger charge is -2.09. The van der Waals surface area contributed by atoms with Gasteiger partial charge >= 0.3 is 5.97 Å². The standard InChI is InChI=1S/C9H12BrNO2S/c1-5-7(10)3-8(14-5)6(4-11)9(12)13-2/h3,6H,4,11H2,1-2H3. The number of esters is 1. The van der Waals surface area contributed by atoms with E-state index in [1.165, 1.54) is 7.11 Å². The lowest BCUT2D eigenvalue weighted by molar-refractivity contribution is -0.142. The lowest BCUT2D eigenvalue weighted by atomic mass is 10.1. The second kappa shape index (κ2) is 4.91. The van der Waals surface area contributed by atoms with Gasteiger partial charge in [0.25, 0.3) is 0 Å². The van der Waals surface area contributed by atoms with Crippen molar-refractivity contribution in [1.29, 1.82) is 0 Å². The van der Waals surface area contributed by atoms with Gasteiger partial charge in [0.2, 0.25) is 0 Å². The molecule has 0 spiro atoms. The summed E-state index contributed by atoms with van der Waals surface area (Å²) < 4.78 is 5.69. The molecular formula is C9H12BrNO2S. The SMILES string of the molecule is COC(=O)C(CN)c1cc(Br)c(C)s1. The van der Waals surface area contributed by atoms with Crippen molar-refractivity contribution in [2.75, 3.05) is 13.7 Å². The number of nitrogens with two attached hydrogens (primary N) is 1. The maximum Gasteiger partial charge on any atom is 0.315 e. The Balaban J connectivity index is 2.95. The second-order valence-electron chi connectivity index (χ2n) is 2.86. The van der Waals surface area contributed by atoms with E-state index in [1.54, 1.807) is 11.3 Å². The fraction of sp³-hybridized carbons (Fsp3) is 0.444. The van der Waals surface area contributed by atoms with Crippen molar-refractivity contribution in [1.82, 2.24) is 0 Å². The number of carbonyl (C=O) groups excluding carboxylic acids is 1. The van der Waals surface area contributed by atoms with Crippen LogP contribution in [-0.4, -0.2) is 19.6 Å². The minimum absolute atomic E-state index is 0.277. The third kappa shape index (κ3) is 2.34. The van der Waals surface area contributed by atoms with Crippen LogP contribution in [0.3, 0.4) is 0 Å². The molecule has 0 aromatic carbocycles. The summed E-state index contributed by atoms with van der Waals surface area (Å²) in [4.78, 5) is 13.4. The smallest absolute Gasteiger partial charge is 0.315 e. The monoisotopic (exact) mass is 277 g/mol. The topological polar surface area (TPSA) is 52.3 Å². The number of aryl methyl sites for hydroxylation is 1. The summed E-state index contributed by atoms with van der Waals surface area (Å²) in [6, 6.07) is 1.93. The van der Waals surface area contributed by atoms with Crippen LogP contribution in [0.15, 0.2) is 10.5 Å². The molecule has 14 heavy (non-hydrogen) atoms. The van der Waals surface area contributed by atoms with Crippen LogP contribution in [0.1, 0.15) is 15.7 Å². The van der Waals surface area contributed by atoms with Crippen LogP contribution >= 0.6 is 27.3 Å². The minimum atomic E-state index is -0.338. The summed E-state index contributed by atoms with van der Waals surface area (Å²) in [5.74, 6) is -0.615. The number of thiophene rings is 1. The molecule has 1 rings (SSSR count). The van der Waals surface area contributed by atoms with Gasteiger partial charge in [0.15, 0.2) is 0 Å². The van der Waals surface area contributed by atoms with E-state index in [-0.39, 0.29) is 18.4 Å². The predicted octanol–water partition coefficient (Wildman–Crippen LogP) is 2.03. The highest BCUT2D eigenvalue weighted by atomic mass is 79.9. The molecule has 0 radical (unpaired) electrons. The van der Waals surface area contributed by atoms with Crippen LogP contribution in [0.2, 0.25) is 0 Å². The van der Waals surface area contributed by atoms with Crippen LogP contribution in [-0.2, 0) is 9.53 Å². The van der Waals surface area contributed by atoms with Crippen molar-refractivity contribution in [2.45, 2.75) is 12.8 Å². The Morgan fingerprint density at radius 2 is 2.43 bits per heavy atom. The first-order valence-electron chi connectivity index (χ1n) is 4.13. The lowest BCUT2D eigenvalue weighted by Crippen LogP contribution is -2.21. The fourth-order valence-electron chi connectivity index (χ4n) is 1.12. The van der Waals surface area contributed by atoms with E-state index in [2.05, 4.69) is 20.7 Å². The summed E-state index contributed by atoms with van der Waals surface area (Å²) in [6.45, 7) is 2.27. The molecule has 0 amide bonds. The summed E-state index contributed by atoms with van der Waals surface area (Å²) in [6.07, 6.45) is 0. The van der Waals surface area contributed by atoms with Gasteiger partial charge in [0.1, 0.15) is 5.92 Å². The van der Waals surface area contributed by atoms with Crippen molar-refractivity contribution in [3.63, 3.8) is 0 Å². The molecule has 78 valence electrons. The van der Waals surface area contributed by atoms with Gasteiger partial charge in [-0.25, -0.2) is 0 Å². The molecular weight excluding hydrogens is 266 g/mol. The van der Waals surface area contributed by atoms with Gasteiger partial charge in [-0.2, -0.15) is 0 Å². The van der Waals surface area contributed by atoms with Crippen molar-refractivity contribution in [3.05, 3.63) is 20.3 Å². The first-order chi connectivity index (χ1) is 6.60. The van der Waals surface area contributed by atoms with E-state index in [0.29, 0.717) is 0 Å². The van der Waals surface area contributed by atoms with Crippen LogP contribution in [0.4, 0.5) is 0 Å². The summed E-state index contributed by atoms with van der Waals surface area (Å²) in [5.41, 5.74) is 5.53. The molecule has 1 atom stereocenters. The molecule has 1 unspecified atom stereocenters. The average Bonchev–Trinajstić information content (AvgIpc) is 2.48. The molecule has 1 aromatic rings. The largest absolute Gasteiger partial charge is 0.468 e. The van der Waals surface area contributed by atoms with Crippen LogP contribution < -0.4 is 5.73 Å². The maximum absolute atomic E-state index is 11.4. The highest BCUT2D eigenvalue weighted by molar-refractivity contribution is 9.10. The highest BCUT2D eigenvalue weighted by Crippen LogP contribution is 2.31. The molecule has 1 aromatic heterocycles. The van der Waals surface area contributed by atoms with Crippen LogP contribution in [0, 0.1) is 6.92 Å². The Morgan fingerprint density at radius 3 is 2.79 bits per heavy atom. The van der Waals surface area contributed by atoms with Gasteiger partial charge in [-0.1, -0.05) is 0 Å². The predicted molar refractivity (Wildman–Crippen MR) is 60.6 cm³/mol. The quantitative estimate of drug-likeness (QED) is 0.861.